The monoisotopic (exact) mass is 396 g/mol. The predicted molar refractivity (Wildman–Crippen MR) is 92.1 cm³/mol. The first-order valence-electron chi connectivity index (χ1n) is 6.50. The lowest BCUT2D eigenvalue weighted by Crippen LogP contribution is -1.99. The first-order valence-corrected chi connectivity index (χ1v) is 8.20. The Morgan fingerprint density at radius 2 is 1.60 bits per heavy atom. The number of hydrogen-bond acceptors (Lipinski definition) is 1. The lowest BCUT2D eigenvalue weighted by atomic mass is 9.99. The highest BCUT2D eigenvalue weighted by atomic mass is 79.9. The van der Waals surface area contributed by atoms with Gasteiger partial charge in [-0.1, -0.05) is 62.2 Å². The maximum Gasteiger partial charge on any atom is 0.124 e. The van der Waals surface area contributed by atoms with Gasteiger partial charge in [-0.3, -0.25) is 0 Å². The topological polar surface area (TPSA) is 9.23 Å². The van der Waals surface area contributed by atoms with Gasteiger partial charge in [0.15, 0.2) is 0 Å². The van der Waals surface area contributed by atoms with E-state index in [-0.39, 0.29) is 4.83 Å². The molecule has 0 aliphatic carbocycles. The van der Waals surface area contributed by atoms with Gasteiger partial charge in [-0.2, -0.15) is 0 Å². The molecule has 1 atom stereocenters. The summed E-state index contributed by atoms with van der Waals surface area (Å²) >= 11 is 7.51. The molecule has 0 aliphatic heterocycles. The molecule has 0 N–H and O–H groups in total. The van der Waals surface area contributed by atoms with Crippen LogP contribution in [0.25, 0.3) is 0 Å². The third kappa shape index (κ3) is 2.94. The van der Waals surface area contributed by atoms with Crippen LogP contribution >= 0.6 is 31.9 Å². The van der Waals surface area contributed by atoms with E-state index in [1.165, 1.54) is 16.7 Å². The van der Waals surface area contributed by atoms with Crippen molar-refractivity contribution in [2.75, 3.05) is 7.11 Å². The van der Waals surface area contributed by atoms with Gasteiger partial charge in [0.2, 0.25) is 0 Å². The summed E-state index contributed by atoms with van der Waals surface area (Å²) in [5.74, 6) is 0.969. The van der Waals surface area contributed by atoms with Gasteiger partial charge in [0, 0.05) is 4.47 Å². The molecule has 3 heteroatoms. The number of hydrogen-bond donors (Lipinski definition) is 0. The van der Waals surface area contributed by atoms with Crippen LogP contribution in [0.15, 0.2) is 34.8 Å². The Morgan fingerprint density at radius 3 is 2.15 bits per heavy atom. The van der Waals surface area contributed by atoms with Gasteiger partial charge in [-0.25, -0.2) is 0 Å². The van der Waals surface area contributed by atoms with E-state index in [0.29, 0.717) is 0 Å². The molecule has 0 heterocycles. The SMILES string of the molecule is COc1c(C)cc(C(Br)c2cccc(C)c2Br)cc1C. The molecule has 0 saturated heterocycles. The third-order valence-corrected chi connectivity index (χ3v) is 5.58. The summed E-state index contributed by atoms with van der Waals surface area (Å²) < 4.78 is 6.59. The maximum atomic E-state index is 5.43. The second-order valence-corrected chi connectivity index (χ2v) is 6.74. The predicted octanol–water partition coefficient (Wildman–Crippen LogP) is 5.87. The number of alkyl halides is 1. The number of benzene rings is 2. The molecule has 0 bridgehead atoms. The molecular formula is C17H18Br2O. The minimum atomic E-state index is 0.167. The molecule has 0 aliphatic rings. The molecule has 0 aromatic heterocycles. The quantitative estimate of drug-likeness (QED) is 0.588. The molecule has 0 saturated carbocycles. The van der Waals surface area contributed by atoms with Crippen molar-refractivity contribution in [3.63, 3.8) is 0 Å². The highest BCUT2D eigenvalue weighted by molar-refractivity contribution is 9.11. The lowest BCUT2D eigenvalue weighted by molar-refractivity contribution is 0.408. The summed E-state index contributed by atoms with van der Waals surface area (Å²) in [6, 6.07) is 10.7. The summed E-state index contributed by atoms with van der Waals surface area (Å²) in [6.45, 7) is 6.28. The van der Waals surface area contributed by atoms with E-state index >= 15 is 0 Å². The van der Waals surface area contributed by atoms with Crippen molar-refractivity contribution in [3.05, 3.63) is 62.6 Å². The van der Waals surface area contributed by atoms with E-state index in [9.17, 15) is 0 Å². The fourth-order valence-corrected chi connectivity index (χ4v) is 3.94. The average molecular weight is 398 g/mol. The Balaban J connectivity index is 2.49. The van der Waals surface area contributed by atoms with Gasteiger partial charge in [0.05, 0.1) is 11.9 Å². The molecule has 1 nitrogen and oxygen atoms in total. The normalized spacial score (nSPS) is 12.3. The van der Waals surface area contributed by atoms with Gasteiger partial charge in [-0.05, 0) is 48.6 Å². The summed E-state index contributed by atoms with van der Waals surface area (Å²) in [4.78, 5) is 0.167. The molecule has 1 unspecified atom stereocenters. The zero-order valence-corrected chi connectivity index (χ0v) is 15.3. The summed E-state index contributed by atoms with van der Waals surface area (Å²) in [5.41, 5.74) is 6.06. The molecule has 20 heavy (non-hydrogen) atoms. The molecule has 2 aromatic rings. The molecule has 0 radical (unpaired) electrons. The number of rotatable bonds is 3. The van der Waals surface area contributed by atoms with Crippen molar-refractivity contribution in [1.29, 1.82) is 0 Å². The van der Waals surface area contributed by atoms with Crippen molar-refractivity contribution in [2.24, 2.45) is 0 Å². The van der Waals surface area contributed by atoms with Crippen LogP contribution in [0.2, 0.25) is 0 Å². The highest BCUT2D eigenvalue weighted by Gasteiger charge is 2.16. The fourth-order valence-electron chi connectivity index (χ4n) is 2.50. The Labute approximate surface area is 137 Å². The number of halogens is 2. The average Bonchev–Trinajstić information content (AvgIpc) is 2.41. The smallest absolute Gasteiger partial charge is 0.124 e. The largest absolute Gasteiger partial charge is 0.496 e. The second-order valence-electron chi connectivity index (χ2n) is 5.03. The van der Waals surface area contributed by atoms with Crippen LogP contribution in [0.5, 0.6) is 5.75 Å². The zero-order chi connectivity index (χ0) is 14.9. The highest BCUT2D eigenvalue weighted by Crippen LogP contribution is 2.39. The number of ether oxygens (including phenoxy) is 1. The van der Waals surface area contributed by atoms with Crippen LogP contribution in [-0.4, -0.2) is 7.11 Å². The minimum absolute atomic E-state index is 0.167. The van der Waals surface area contributed by atoms with E-state index in [1.54, 1.807) is 7.11 Å². The van der Waals surface area contributed by atoms with Crippen LogP contribution < -0.4 is 4.74 Å². The van der Waals surface area contributed by atoms with Crippen molar-refractivity contribution in [2.45, 2.75) is 25.6 Å². The Bertz CT molecular complexity index is 612. The van der Waals surface area contributed by atoms with Crippen LogP contribution in [0.4, 0.5) is 0 Å². The Kier molecular flexibility index (Phi) is 4.92. The molecular weight excluding hydrogens is 380 g/mol. The Morgan fingerprint density at radius 1 is 1.00 bits per heavy atom. The number of methoxy groups -OCH3 is 1. The molecule has 2 rings (SSSR count). The summed E-state index contributed by atoms with van der Waals surface area (Å²) in [6.07, 6.45) is 0. The van der Waals surface area contributed by atoms with Gasteiger partial charge < -0.3 is 4.74 Å². The van der Waals surface area contributed by atoms with Crippen LogP contribution in [0.3, 0.4) is 0 Å². The van der Waals surface area contributed by atoms with Crippen molar-refractivity contribution >= 4 is 31.9 Å². The molecule has 0 spiro atoms. The standard InChI is InChI=1S/C17H18Br2O/c1-10-6-5-7-14(15(10)18)16(19)13-8-11(2)17(20-4)12(3)9-13/h5-9,16H,1-4H3. The Hall–Kier alpha value is -0.800. The fraction of sp³-hybridized carbons (Fsp3) is 0.294. The van der Waals surface area contributed by atoms with Crippen molar-refractivity contribution < 1.29 is 4.74 Å². The lowest BCUT2D eigenvalue weighted by Gasteiger charge is -2.17. The molecule has 0 amide bonds. The third-order valence-electron chi connectivity index (χ3n) is 3.47. The van der Waals surface area contributed by atoms with E-state index in [2.05, 4.69) is 83.0 Å². The van der Waals surface area contributed by atoms with Crippen molar-refractivity contribution in [1.82, 2.24) is 0 Å². The van der Waals surface area contributed by atoms with Gasteiger partial charge in [0.1, 0.15) is 5.75 Å². The zero-order valence-electron chi connectivity index (χ0n) is 12.1. The van der Waals surface area contributed by atoms with E-state index < -0.39 is 0 Å². The minimum Gasteiger partial charge on any atom is -0.496 e. The van der Waals surface area contributed by atoms with Crippen LogP contribution in [0, 0.1) is 20.8 Å². The number of aryl methyl sites for hydroxylation is 3. The van der Waals surface area contributed by atoms with Crippen LogP contribution in [0.1, 0.15) is 32.6 Å². The molecule has 106 valence electrons. The van der Waals surface area contributed by atoms with Gasteiger partial charge in [0.25, 0.3) is 0 Å². The summed E-state index contributed by atoms with van der Waals surface area (Å²) in [5, 5.41) is 0. The van der Waals surface area contributed by atoms with Gasteiger partial charge in [-0.15, -0.1) is 0 Å². The van der Waals surface area contributed by atoms with E-state index in [4.69, 9.17) is 4.74 Å². The van der Waals surface area contributed by atoms with Gasteiger partial charge >= 0.3 is 0 Å². The van der Waals surface area contributed by atoms with E-state index in [1.807, 2.05) is 0 Å². The first kappa shape index (κ1) is 15.6. The molecule has 2 aromatic carbocycles. The summed E-state index contributed by atoms with van der Waals surface area (Å²) in [7, 11) is 1.72. The van der Waals surface area contributed by atoms with Crippen LogP contribution in [-0.2, 0) is 0 Å². The molecule has 0 fully saturated rings. The first-order chi connectivity index (χ1) is 9.45. The maximum absolute atomic E-state index is 5.43. The van der Waals surface area contributed by atoms with E-state index in [0.717, 1.165) is 21.3 Å². The van der Waals surface area contributed by atoms with Crippen molar-refractivity contribution in [3.8, 4) is 5.75 Å². The second kappa shape index (κ2) is 6.31.